The van der Waals surface area contributed by atoms with E-state index in [2.05, 4.69) is 15.4 Å². The van der Waals surface area contributed by atoms with E-state index in [1.54, 1.807) is 0 Å². The molecule has 0 saturated carbocycles. The first-order valence-corrected chi connectivity index (χ1v) is 6.74. The van der Waals surface area contributed by atoms with Gasteiger partial charge in [-0.1, -0.05) is 5.16 Å². The summed E-state index contributed by atoms with van der Waals surface area (Å²) < 4.78 is 5.03. The van der Waals surface area contributed by atoms with Gasteiger partial charge in [0.05, 0.1) is 5.69 Å². The Morgan fingerprint density at radius 2 is 2.20 bits per heavy atom. The van der Waals surface area contributed by atoms with Gasteiger partial charge in [-0.25, -0.2) is 0 Å². The molecular formula is C13H23ClN4O2. The Bertz CT molecular complexity index is 418. The van der Waals surface area contributed by atoms with Crippen molar-refractivity contribution in [1.82, 2.24) is 20.3 Å². The number of piperazine rings is 1. The third-order valence-electron chi connectivity index (χ3n) is 3.29. The van der Waals surface area contributed by atoms with Crippen molar-refractivity contribution in [3.63, 3.8) is 0 Å². The fourth-order valence-corrected chi connectivity index (χ4v) is 2.21. The maximum atomic E-state index is 12.0. The zero-order valence-electron chi connectivity index (χ0n) is 12.1. The van der Waals surface area contributed by atoms with Crippen LogP contribution in [0.5, 0.6) is 0 Å². The van der Waals surface area contributed by atoms with E-state index in [4.69, 9.17) is 4.52 Å². The van der Waals surface area contributed by atoms with Crippen molar-refractivity contribution in [2.45, 2.75) is 19.9 Å². The molecule has 6 nitrogen and oxygen atoms in total. The quantitative estimate of drug-likeness (QED) is 0.866. The lowest BCUT2D eigenvalue weighted by atomic mass is 10.3. The minimum atomic E-state index is 0. The van der Waals surface area contributed by atoms with E-state index in [-0.39, 0.29) is 18.3 Å². The van der Waals surface area contributed by atoms with Crippen molar-refractivity contribution in [2.75, 3.05) is 39.8 Å². The first kappa shape index (κ1) is 16.9. The Balaban J connectivity index is 0.00000200. The third kappa shape index (κ3) is 5.11. The molecule has 0 aromatic carbocycles. The topological polar surface area (TPSA) is 61.6 Å². The van der Waals surface area contributed by atoms with Gasteiger partial charge >= 0.3 is 0 Å². The monoisotopic (exact) mass is 302 g/mol. The summed E-state index contributed by atoms with van der Waals surface area (Å²) in [6.07, 6.45) is 0.563. The lowest BCUT2D eigenvalue weighted by molar-refractivity contribution is -0.132. The first-order valence-electron chi connectivity index (χ1n) is 6.74. The van der Waals surface area contributed by atoms with Crippen LogP contribution in [0, 0.1) is 6.92 Å². The van der Waals surface area contributed by atoms with Crippen LogP contribution in [0.15, 0.2) is 10.6 Å². The van der Waals surface area contributed by atoms with Crippen LogP contribution in [0.3, 0.4) is 0 Å². The van der Waals surface area contributed by atoms with Crippen molar-refractivity contribution in [2.24, 2.45) is 0 Å². The molecule has 2 rings (SSSR count). The van der Waals surface area contributed by atoms with Crippen LogP contribution < -0.4 is 5.32 Å². The molecule has 1 aromatic heterocycles. The number of nitrogens with one attached hydrogen (secondary N) is 1. The van der Waals surface area contributed by atoms with Crippen LogP contribution in [-0.4, -0.2) is 60.6 Å². The van der Waals surface area contributed by atoms with Crippen LogP contribution in [0.1, 0.15) is 17.9 Å². The summed E-state index contributed by atoms with van der Waals surface area (Å²) in [5.74, 6) is 1.06. The number of carbonyl (C=O) groups excluding carboxylic acids is 1. The Morgan fingerprint density at radius 3 is 2.80 bits per heavy atom. The first-order chi connectivity index (χ1) is 9.15. The zero-order valence-corrected chi connectivity index (χ0v) is 12.9. The third-order valence-corrected chi connectivity index (χ3v) is 3.29. The summed E-state index contributed by atoms with van der Waals surface area (Å²) in [6.45, 7) is 6.79. The van der Waals surface area contributed by atoms with E-state index in [1.807, 2.05) is 24.9 Å². The Labute approximate surface area is 125 Å². The van der Waals surface area contributed by atoms with E-state index < -0.39 is 0 Å². The molecule has 114 valence electrons. The van der Waals surface area contributed by atoms with Crippen LogP contribution in [-0.2, 0) is 11.3 Å². The van der Waals surface area contributed by atoms with Crippen LogP contribution in [0.4, 0.5) is 0 Å². The second-order valence-electron chi connectivity index (χ2n) is 5.05. The summed E-state index contributed by atoms with van der Waals surface area (Å²) in [6, 6.07) is 1.93. The second-order valence-corrected chi connectivity index (χ2v) is 5.05. The van der Waals surface area contributed by atoms with Crippen molar-refractivity contribution in [3.8, 4) is 0 Å². The maximum Gasteiger partial charge on any atom is 0.223 e. The number of hydrogen-bond acceptors (Lipinski definition) is 5. The molecule has 1 fully saturated rings. The molecular weight excluding hydrogens is 280 g/mol. The lowest BCUT2D eigenvalue weighted by Gasteiger charge is -2.28. The van der Waals surface area contributed by atoms with Gasteiger partial charge in [0.15, 0.2) is 0 Å². The Hall–Kier alpha value is -1.11. The number of carbonyl (C=O) groups is 1. The average molecular weight is 303 g/mol. The minimum Gasteiger partial charge on any atom is -0.361 e. The molecule has 0 bridgehead atoms. The predicted octanol–water partition coefficient (Wildman–Crippen LogP) is 0.659. The van der Waals surface area contributed by atoms with E-state index >= 15 is 0 Å². The molecule has 7 heteroatoms. The summed E-state index contributed by atoms with van der Waals surface area (Å²) in [4.78, 5) is 16.0. The SMILES string of the molecule is Cc1cc(CN(C)CCC(=O)N2CCNCC2)no1.Cl. The Kier molecular flexibility index (Phi) is 6.98. The standard InChI is InChI=1S/C13H22N4O2.ClH/c1-11-9-12(15-19-11)10-16(2)6-3-13(18)17-7-4-14-5-8-17;/h9,14H,3-8,10H2,1-2H3;1H. The summed E-state index contributed by atoms with van der Waals surface area (Å²) >= 11 is 0. The Morgan fingerprint density at radius 1 is 1.50 bits per heavy atom. The van der Waals surface area contributed by atoms with Gasteiger partial charge in [-0.05, 0) is 14.0 Å². The molecule has 1 aliphatic heterocycles. The van der Waals surface area contributed by atoms with E-state index in [1.165, 1.54) is 0 Å². The van der Waals surface area contributed by atoms with Gasteiger partial charge in [0, 0.05) is 51.8 Å². The smallest absolute Gasteiger partial charge is 0.223 e. The molecule has 0 atom stereocenters. The molecule has 0 aliphatic carbocycles. The molecule has 1 aliphatic rings. The fourth-order valence-electron chi connectivity index (χ4n) is 2.21. The number of aryl methyl sites for hydroxylation is 1. The molecule has 1 N–H and O–H groups in total. The molecule has 0 radical (unpaired) electrons. The highest BCUT2D eigenvalue weighted by molar-refractivity contribution is 5.85. The lowest BCUT2D eigenvalue weighted by Crippen LogP contribution is -2.47. The molecule has 0 spiro atoms. The predicted molar refractivity (Wildman–Crippen MR) is 78.9 cm³/mol. The molecule has 2 heterocycles. The number of nitrogens with zero attached hydrogens (tertiary/aromatic N) is 3. The van der Waals surface area contributed by atoms with E-state index in [0.29, 0.717) is 13.0 Å². The van der Waals surface area contributed by atoms with Crippen LogP contribution >= 0.6 is 12.4 Å². The zero-order chi connectivity index (χ0) is 13.7. The van der Waals surface area contributed by atoms with E-state index in [9.17, 15) is 4.79 Å². The summed E-state index contributed by atoms with van der Waals surface area (Å²) in [5, 5.41) is 7.20. The number of halogens is 1. The van der Waals surface area contributed by atoms with Crippen molar-refractivity contribution in [1.29, 1.82) is 0 Å². The largest absolute Gasteiger partial charge is 0.361 e. The molecule has 1 aromatic rings. The maximum absolute atomic E-state index is 12.0. The normalized spacial score (nSPS) is 15.2. The highest BCUT2D eigenvalue weighted by Crippen LogP contribution is 2.05. The van der Waals surface area contributed by atoms with Gasteiger partial charge in [-0.15, -0.1) is 12.4 Å². The van der Waals surface area contributed by atoms with Gasteiger partial charge in [0.2, 0.25) is 5.91 Å². The fraction of sp³-hybridized carbons (Fsp3) is 0.692. The summed E-state index contributed by atoms with van der Waals surface area (Å²) in [7, 11) is 2.00. The van der Waals surface area contributed by atoms with Crippen LogP contribution in [0.2, 0.25) is 0 Å². The number of hydrogen-bond donors (Lipinski definition) is 1. The van der Waals surface area contributed by atoms with Crippen molar-refractivity contribution >= 4 is 18.3 Å². The highest BCUT2D eigenvalue weighted by Gasteiger charge is 2.16. The number of rotatable bonds is 5. The molecule has 1 saturated heterocycles. The highest BCUT2D eigenvalue weighted by atomic mass is 35.5. The minimum absolute atomic E-state index is 0. The van der Waals surface area contributed by atoms with Crippen molar-refractivity contribution in [3.05, 3.63) is 17.5 Å². The molecule has 20 heavy (non-hydrogen) atoms. The number of aromatic nitrogens is 1. The molecule has 0 unspecified atom stereocenters. The van der Waals surface area contributed by atoms with Crippen molar-refractivity contribution < 1.29 is 9.32 Å². The second kappa shape index (κ2) is 8.24. The van der Waals surface area contributed by atoms with E-state index in [0.717, 1.165) is 44.2 Å². The van der Waals surface area contributed by atoms with Gasteiger partial charge in [-0.2, -0.15) is 0 Å². The van der Waals surface area contributed by atoms with Gasteiger partial charge in [-0.3, -0.25) is 9.69 Å². The van der Waals surface area contributed by atoms with Crippen LogP contribution in [0.25, 0.3) is 0 Å². The number of amides is 1. The van der Waals surface area contributed by atoms with Gasteiger partial charge in [0.1, 0.15) is 5.76 Å². The van der Waals surface area contributed by atoms with Gasteiger partial charge < -0.3 is 14.7 Å². The average Bonchev–Trinajstić information content (AvgIpc) is 2.82. The molecule has 1 amide bonds. The summed E-state index contributed by atoms with van der Waals surface area (Å²) in [5.41, 5.74) is 0.912. The van der Waals surface area contributed by atoms with Gasteiger partial charge in [0.25, 0.3) is 0 Å².